The van der Waals surface area contributed by atoms with Gasteiger partial charge in [0.1, 0.15) is 0 Å². The molecule has 110 valence electrons. The minimum Gasteiger partial charge on any atom is -0.376 e. The molecule has 5 nitrogen and oxygen atoms in total. The van der Waals surface area contributed by atoms with Crippen LogP contribution in [0.25, 0.3) is 0 Å². The summed E-state index contributed by atoms with van der Waals surface area (Å²) in [7, 11) is 0. The second kappa shape index (κ2) is 5.95. The lowest BCUT2D eigenvalue weighted by atomic mass is 10.1. The van der Waals surface area contributed by atoms with Gasteiger partial charge in [0.2, 0.25) is 5.95 Å². The van der Waals surface area contributed by atoms with Crippen LogP contribution in [0.2, 0.25) is 0 Å². The van der Waals surface area contributed by atoms with Crippen LogP contribution in [0.15, 0.2) is 10.9 Å². The average molecular weight is 277 g/mol. The van der Waals surface area contributed by atoms with E-state index in [4.69, 9.17) is 4.74 Å². The highest BCUT2D eigenvalue weighted by atomic mass is 16.5. The Balaban J connectivity index is 1.90. The van der Waals surface area contributed by atoms with Crippen molar-refractivity contribution in [3.63, 3.8) is 0 Å². The standard InChI is InChI=1S/C15H23N3O2/c1-12-10-14(19)18(11-13-6-5-9-20-13)15(16-12)17-7-3-2-4-8-17/h10,13H,2-9,11H2,1H3. The molecule has 0 aromatic carbocycles. The first-order chi connectivity index (χ1) is 9.74. The molecule has 0 aliphatic carbocycles. The minimum absolute atomic E-state index is 0.0496. The van der Waals surface area contributed by atoms with E-state index in [0.717, 1.165) is 44.2 Å². The normalized spacial score (nSPS) is 23.2. The van der Waals surface area contributed by atoms with E-state index < -0.39 is 0 Å². The van der Waals surface area contributed by atoms with E-state index in [2.05, 4.69) is 9.88 Å². The summed E-state index contributed by atoms with van der Waals surface area (Å²) in [6, 6.07) is 1.63. The summed E-state index contributed by atoms with van der Waals surface area (Å²) < 4.78 is 7.49. The van der Waals surface area contributed by atoms with Gasteiger partial charge in [0.25, 0.3) is 5.56 Å². The van der Waals surface area contributed by atoms with Gasteiger partial charge in [0, 0.05) is 31.5 Å². The van der Waals surface area contributed by atoms with Crippen LogP contribution in [-0.2, 0) is 11.3 Å². The van der Waals surface area contributed by atoms with Crippen molar-refractivity contribution in [3.05, 3.63) is 22.1 Å². The molecule has 5 heteroatoms. The van der Waals surface area contributed by atoms with Gasteiger partial charge in [-0.1, -0.05) is 0 Å². The molecule has 1 aromatic heterocycles. The van der Waals surface area contributed by atoms with Crippen LogP contribution in [0.5, 0.6) is 0 Å². The van der Waals surface area contributed by atoms with Crippen molar-refractivity contribution >= 4 is 5.95 Å². The lowest BCUT2D eigenvalue weighted by molar-refractivity contribution is 0.0961. The van der Waals surface area contributed by atoms with E-state index in [-0.39, 0.29) is 11.7 Å². The average Bonchev–Trinajstić information content (AvgIpc) is 2.95. The van der Waals surface area contributed by atoms with E-state index in [1.54, 1.807) is 6.07 Å². The third-order valence-electron chi connectivity index (χ3n) is 4.17. The molecule has 3 heterocycles. The predicted octanol–water partition coefficient (Wildman–Crippen LogP) is 1.72. The quantitative estimate of drug-likeness (QED) is 0.844. The number of nitrogens with zero attached hydrogens (tertiary/aromatic N) is 3. The minimum atomic E-state index is 0.0496. The third-order valence-corrected chi connectivity index (χ3v) is 4.17. The molecule has 2 aliphatic heterocycles. The Morgan fingerprint density at radius 1 is 1.30 bits per heavy atom. The number of hydrogen-bond acceptors (Lipinski definition) is 4. The molecule has 0 amide bonds. The first-order valence-corrected chi connectivity index (χ1v) is 7.69. The smallest absolute Gasteiger partial charge is 0.255 e. The second-order valence-corrected chi connectivity index (χ2v) is 5.83. The van der Waals surface area contributed by atoms with E-state index in [1.165, 1.54) is 19.3 Å². The van der Waals surface area contributed by atoms with E-state index in [9.17, 15) is 4.79 Å². The van der Waals surface area contributed by atoms with Crippen molar-refractivity contribution in [1.82, 2.24) is 9.55 Å². The van der Waals surface area contributed by atoms with Crippen LogP contribution in [-0.4, -0.2) is 35.4 Å². The molecule has 2 aliphatic rings. The van der Waals surface area contributed by atoms with Crippen molar-refractivity contribution in [2.75, 3.05) is 24.6 Å². The molecule has 3 rings (SSSR count). The molecule has 0 N–H and O–H groups in total. The van der Waals surface area contributed by atoms with Gasteiger partial charge < -0.3 is 9.64 Å². The highest BCUT2D eigenvalue weighted by molar-refractivity contribution is 5.32. The molecule has 2 fully saturated rings. The number of piperidine rings is 1. The van der Waals surface area contributed by atoms with Crippen molar-refractivity contribution in [2.24, 2.45) is 0 Å². The van der Waals surface area contributed by atoms with Gasteiger partial charge in [-0.05, 0) is 39.0 Å². The van der Waals surface area contributed by atoms with Crippen LogP contribution < -0.4 is 10.5 Å². The van der Waals surface area contributed by atoms with Gasteiger partial charge in [-0.25, -0.2) is 4.98 Å². The molecule has 20 heavy (non-hydrogen) atoms. The fraction of sp³-hybridized carbons (Fsp3) is 0.733. The molecular formula is C15H23N3O2. The molecule has 0 radical (unpaired) electrons. The third kappa shape index (κ3) is 2.87. The van der Waals surface area contributed by atoms with Gasteiger partial charge in [0.15, 0.2) is 0 Å². The van der Waals surface area contributed by atoms with Crippen LogP contribution in [0.3, 0.4) is 0 Å². The lowest BCUT2D eigenvalue weighted by Crippen LogP contribution is -2.38. The van der Waals surface area contributed by atoms with Crippen LogP contribution in [0, 0.1) is 6.92 Å². The van der Waals surface area contributed by atoms with Crippen LogP contribution in [0.4, 0.5) is 5.95 Å². The molecule has 1 unspecified atom stereocenters. The van der Waals surface area contributed by atoms with Crippen LogP contribution >= 0.6 is 0 Å². The van der Waals surface area contributed by atoms with E-state index in [0.29, 0.717) is 6.54 Å². The largest absolute Gasteiger partial charge is 0.376 e. The molecular weight excluding hydrogens is 254 g/mol. The van der Waals surface area contributed by atoms with Gasteiger partial charge in [-0.15, -0.1) is 0 Å². The first kappa shape index (κ1) is 13.6. The highest BCUT2D eigenvalue weighted by Crippen LogP contribution is 2.20. The Kier molecular flexibility index (Phi) is 4.05. The zero-order chi connectivity index (χ0) is 13.9. The summed E-state index contributed by atoms with van der Waals surface area (Å²) in [5.74, 6) is 0.838. The Hall–Kier alpha value is -1.36. The van der Waals surface area contributed by atoms with Crippen molar-refractivity contribution in [3.8, 4) is 0 Å². The molecule has 1 atom stereocenters. The summed E-state index contributed by atoms with van der Waals surface area (Å²) >= 11 is 0. The monoisotopic (exact) mass is 277 g/mol. The molecule has 0 bridgehead atoms. The second-order valence-electron chi connectivity index (χ2n) is 5.83. The van der Waals surface area contributed by atoms with Gasteiger partial charge >= 0.3 is 0 Å². The van der Waals surface area contributed by atoms with Gasteiger partial charge in [-0.3, -0.25) is 9.36 Å². The van der Waals surface area contributed by atoms with Gasteiger partial charge in [-0.2, -0.15) is 0 Å². The zero-order valence-corrected chi connectivity index (χ0v) is 12.2. The number of aryl methyl sites for hydroxylation is 1. The molecule has 0 spiro atoms. The number of hydrogen-bond donors (Lipinski definition) is 0. The Labute approximate surface area is 119 Å². The highest BCUT2D eigenvalue weighted by Gasteiger charge is 2.22. The van der Waals surface area contributed by atoms with Crippen molar-refractivity contribution in [1.29, 1.82) is 0 Å². The summed E-state index contributed by atoms with van der Waals surface area (Å²) in [6.07, 6.45) is 5.95. The SMILES string of the molecule is Cc1cc(=O)n(CC2CCCO2)c(N2CCCCC2)n1. The maximum Gasteiger partial charge on any atom is 0.255 e. The fourth-order valence-corrected chi connectivity index (χ4v) is 3.10. The molecule has 0 saturated carbocycles. The number of rotatable bonds is 3. The zero-order valence-electron chi connectivity index (χ0n) is 12.2. The lowest BCUT2D eigenvalue weighted by Gasteiger charge is -2.30. The summed E-state index contributed by atoms with van der Waals surface area (Å²) in [4.78, 5) is 19.2. The fourth-order valence-electron chi connectivity index (χ4n) is 3.10. The Bertz CT molecular complexity index is 514. The van der Waals surface area contributed by atoms with E-state index >= 15 is 0 Å². The Morgan fingerprint density at radius 2 is 2.10 bits per heavy atom. The predicted molar refractivity (Wildman–Crippen MR) is 78.3 cm³/mol. The summed E-state index contributed by atoms with van der Waals surface area (Å²) in [5.41, 5.74) is 0.854. The number of anilines is 1. The van der Waals surface area contributed by atoms with Gasteiger partial charge in [0.05, 0.1) is 12.6 Å². The molecule has 1 aromatic rings. The van der Waals surface area contributed by atoms with Crippen molar-refractivity contribution < 1.29 is 4.74 Å². The van der Waals surface area contributed by atoms with Crippen molar-refractivity contribution in [2.45, 2.75) is 51.7 Å². The summed E-state index contributed by atoms with van der Waals surface area (Å²) in [5, 5.41) is 0. The number of aromatic nitrogens is 2. The maximum atomic E-state index is 12.3. The summed E-state index contributed by atoms with van der Waals surface area (Å²) in [6.45, 7) is 5.35. The number of ether oxygens (including phenoxy) is 1. The maximum absolute atomic E-state index is 12.3. The first-order valence-electron chi connectivity index (χ1n) is 7.69. The topological polar surface area (TPSA) is 47.4 Å². The molecule has 2 saturated heterocycles. The Morgan fingerprint density at radius 3 is 2.80 bits per heavy atom. The van der Waals surface area contributed by atoms with E-state index in [1.807, 2.05) is 11.5 Å². The van der Waals surface area contributed by atoms with Crippen LogP contribution in [0.1, 0.15) is 37.8 Å².